The monoisotopic (exact) mass is 265 g/mol. The fourth-order valence-electron chi connectivity index (χ4n) is 3.26. The van der Waals surface area contributed by atoms with Gasteiger partial charge < -0.3 is 4.90 Å². The molecule has 1 unspecified atom stereocenters. The van der Waals surface area contributed by atoms with Crippen LogP contribution in [0.4, 0.5) is 0 Å². The summed E-state index contributed by atoms with van der Waals surface area (Å²) in [6, 6.07) is 21.3. The zero-order chi connectivity index (χ0) is 13.8. The van der Waals surface area contributed by atoms with E-state index >= 15 is 0 Å². The molecule has 1 heterocycles. The molecule has 3 rings (SSSR count). The average molecular weight is 265 g/mol. The van der Waals surface area contributed by atoms with Crippen molar-refractivity contribution in [2.75, 3.05) is 6.54 Å². The molecular formula is C18H19NO. The molecule has 1 saturated heterocycles. The molecule has 1 aliphatic rings. The van der Waals surface area contributed by atoms with Crippen LogP contribution < -0.4 is 0 Å². The van der Waals surface area contributed by atoms with Crippen LogP contribution in [0.25, 0.3) is 0 Å². The number of rotatable bonds is 4. The van der Waals surface area contributed by atoms with E-state index in [1.165, 1.54) is 11.1 Å². The highest BCUT2D eigenvalue weighted by Crippen LogP contribution is 2.35. The Hall–Kier alpha value is -2.09. The fraction of sp³-hybridized carbons (Fsp3) is 0.278. The van der Waals surface area contributed by atoms with Crippen LogP contribution in [0, 0.1) is 0 Å². The van der Waals surface area contributed by atoms with E-state index in [4.69, 9.17) is 0 Å². The van der Waals surface area contributed by atoms with Gasteiger partial charge in [-0.3, -0.25) is 4.79 Å². The Balaban J connectivity index is 2.02. The quantitative estimate of drug-likeness (QED) is 0.775. The number of nitrogens with zero attached hydrogens (tertiary/aromatic N) is 1. The third kappa shape index (κ3) is 2.46. The third-order valence-corrected chi connectivity index (χ3v) is 4.18. The predicted octanol–water partition coefficient (Wildman–Crippen LogP) is 3.44. The second-order valence-electron chi connectivity index (χ2n) is 5.35. The Labute approximate surface area is 120 Å². The predicted molar refractivity (Wildman–Crippen MR) is 80.5 cm³/mol. The minimum Gasteiger partial charge on any atom is -0.341 e. The number of carbonyl (C=O) groups excluding carboxylic acids is 1. The minimum absolute atomic E-state index is 0.269. The second-order valence-corrected chi connectivity index (χ2v) is 5.35. The summed E-state index contributed by atoms with van der Waals surface area (Å²) in [7, 11) is 0. The Morgan fingerprint density at radius 3 is 2.00 bits per heavy atom. The molecule has 0 aromatic heterocycles. The first kappa shape index (κ1) is 12.9. The first-order chi connectivity index (χ1) is 9.90. The van der Waals surface area contributed by atoms with Crippen molar-refractivity contribution >= 4 is 6.41 Å². The van der Waals surface area contributed by atoms with Gasteiger partial charge in [0.05, 0.1) is 0 Å². The van der Waals surface area contributed by atoms with E-state index in [2.05, 4.69) is 48.5 Å². The smallest absolute Gasteiger partial charge is 0.209 e. The van der Waals surface area contributed by atoms with Crippen LogP contribution in [0.1, 0.15) is 29.9 Å². The molecule has 1 amide bonds. The van der Waals surface area contributed by atoms with Gasteiger partial charge in [-0.25, -0.2) is 0 Å². The molecule has 0 saturated carbocycles. The summed E-state index contributed by atoms with van der Waals surface area (Å²) in [6.45, 7) is 0.879. The molecule has 20 heavy (non-hydrogen) atoms. The van der Waals surface area contributed by atoms with Crippen molar-refractivity contribution in [2.45, 2.75) is 24.8 Å². The molecule has 0 aliphatic carbocycles. The van der Waals surface area contributed by atoms with Gasteiger partial charge >= 0.3 is 0 Å². The minimum atomic E-state index is 0.269. The summed E-state index contributed by atoms with van der Waals surface area (Å²) in [5.74, 6) is 0.269. The van der Waals surface area contributed by atoms with Gasteiger partial charge in [-0.05, 0) is 24.0 Å². The standard InChI is InChI=1S/C18H19NO/c20-14-19-13-7-12-17(19)18(15-8-3-1-4-9-15)16-10-5-2-6-11-16/h1-6,8-11,14,17-18H,7,12-13H2. The lowest BCUT2D eigenvalue weighted by molar-refractivity contribution is -0.119. The van der Waals surface area contributed by atoms with E-state index in [1.54, 1.807) is 0 Å². The van der Waals surface area contributed by atoms with Crippen molar-refractivity contribution in [3.05, 3.63) is 71.8 Å². The van der Waals surface area contributed by atoms with Crippen molar-refractivity contribution in [1.82, 2.24) is 4.90 Å². The van der Waals surface area contributed by atoms with Crippen molar-refractivity contribution in [1.29, 1.82) is 0 Å². The van der Waals surface area contributed by atoms with Crippen LogP contribution in [0.15, 0.2) is 60.7 Å². The number of amides is 1. The lowest BCUT2D eigenvalue weighted by Crippen LogP contribution is -2.33. The van der Waals surface area contributed by atoms with Gasteiger partial charge in [0, 0.05) is 18.5 Å². The van der Waals surface area contributed by atoms with Crippen LogP contribution in [0.2, 0.25) is 0 Å². The van der Waals surface area contributed by atoms with E-state index in [9.17, 15) is 4.79 Å². The van der Waals surface area contributed by atoms with Gasteiger partial charge in [0.25, 0.3) is 0 Å². The molecule has 1 aliphatic heterocycles. The van der Waals surface area contributed by atoms with Gasteiger partial charge in [-0.1, -0.05) is 60.7 Å². The Morgan fingerprint density at radius 2 is 1.50 bits per heavy atom. The van der Waals surface area contributed by atoms with Crippen molar-refractivity contribution in [3.8, 4) is 0 Å². The number of likely N-dealkylation sites (tertiary alicyclic amines) is 1. The van der Waals surface area contributed by atoms with Gasteiger partial charge in [0.1, 0.15) is 0 Å². The molecule has 2 aromatic carbocycles. The molecule has 102 valence electrons. The molecule has 1 atom stereocenters. The lowest BCUT2D eigenvalue weighted by atomic mass is 9.84. The molecule has 0 radical (unpaired) electrons. The first-order valence-electron chi connectivity index (χ1n) is 7.21. The highest BCUT2D eigenvalue weighted by molar-refractivity contribution is 5.50. The summed E-state index contributed by atoms with van der Waals surface area (Å²) >= 11 is 0. The zero-order valence-electron chi connectivity index (χ0n) is 11.5. The van der Waals surface area contributed by atoms with E-state index < -0.39 is 0 Å². The maximum Gasteiger partial charge on any atom is 0.209 e. The van der Waals surface area contributed by atoms with Crippen LogP contribution >= 0.6 is 0 Å². The Bertz CT molecular complexity index is 513. The number of benzene rings is 2. The number of hydrogen-bond acceptors (Lipinski definition) is 1. The average Bonchev–Trinajstić information content (AvgIpc) is 2.98. The van der Waals surface area contributed by atoms with Gasteiger partial charge in [-0.2, -0.15) is 0 Å². The normalized spacial score (nSPS) is 18.4. The van der Waals surface area contributed by atoms with Crippen molar-refractivity contribution in [3.63, 3.8) is 0 Å². The SMILES string of the molecule is O=CN1CCCC1C(c1ccccc1)c1ccccc1. The number of hydrogen-bond donors (Lipinski definition) is 0. The van der Waals surface area contributed by atoms with Crippen molar-refractivity contribution in [2.24, 2.45) is 0 Å². The molecule has 2 nitrogen and oxygen atoms in total. The van der Waals surface area contributed by atoms with Crippen molar-refractivity contribution < 1.29 is 4.79 Å². The first-order valence-corrected chi connectivity index (χ1v) is 7.21. The topological polar surface area (TPSA) is 20.3 Å². The Kier molecular flexibility index (Phi) is 3.82. The highest BCUT2D eigenvalue weighted by atomic mass is 16.1. The fourth-order valence-corrected chi connectivity index (χ4v) is 3.26. The highest BCUT2D eigenvalue weighted by Gasteiger charge is 2.32. The molecular weight excluding hydrogens is 246 g/mol. The van der Waals surface area contributed by atoms with Crippen LogP contribution in [0.5, 0.6) is 0 Å². The van der Waals surface area contributed by atoms with E-state index in [-0.39, 0.29) is 12.0 Å². The molecule has 2 heteroatoms. The largest absolute Gasteiger partial charge is 0.341 e. The van der Waals surface area contributed by atoms with E-state index in [1.807, 2.05) is 17.0 Å². The Morgan fingerprint density at radius 1 is 0.950 bits per heavy atom. The zero-order valence-corrected chi connectivity index (χ0v) is 11.5. The maximum absolute atomic E-state index is 11.3. The van der Waals surface area contributed by atoms with Crippen LogP contribution in [-0.2, 0) is 4.79 Å². The number of carbonyl (C=O) groups is 1. The van der Waals surface area contributed by atoms with Gasteiger partial charge in [-0.15, -0.1) is 0 Å². The lowest BCUT2D eigenvalue weighted by Gasteiger charge is -2.30. The van der Waals surface area contributed by atoms with Gasteiger partial charge in [0.2, 0.25) is 6.41 Å². The molecule has 0 N–H and O–H groups in total. The molecule has 2 aromatic rings. The summed E-state index contributed by atoms with van der Waals surface area (Å²) in [4.78, 5) is 13.3. The van der Waals surface area contributed by atoms with E-state index in [0.717, 1.165) is 25.8 Å². The molecule has 0 spiro atoms. The summed E-state index contributed by atoms with van der Waals surface area (Å²) in [5.41, 5.74) is 2.58. The van der Waals surface area contributed by atoms with Crippen LogP contribution in [0.3, 0.4) is 0 Å². The van der Waals surface area contributed by atoms with Crippen LogP contribution in [-0.4, -0.2) is 23.9 Å². The summed E-state index contributed by atoms with van der Waals surface area (Å²) in [6.07, 6.45) is 3.18. The summed E-state index contributed by atoms with van der Waals surface area (Å²) < 4.78 is 0. The molecule has 1 fully saturated rings. The molecule has 0 bridgehead atoms. The third-order valence-electron chi connectivity index (χ3n) is 4.18. The van der Waals surface area contributed by atoms with E-state index in [0.29, 0.717) is 0 Å². The maximum atomic E-state index is 11.3. The summed E-state index contributed by atoms with van der Waals surface area (Å²) in [5, 5.41) is 0. The van der Waals surface area contributed by atoms with Gasteiger partial charge in [0.15, 0.2) is 0 Å². The second kappa shape index (κ2) is 5.91.